The number of fused-ring (bicyclic) bond motifs is 2. The van der Waals surface area contributed by atoms with Gasteiger partial charge in [-0.05, 0) is 57.9 Å². The topological polar surface area (TPSA) is 116 Å². The molecule has 3 heterocycles. The number of aromatic amines is 1. The summed E-state index contributed by atoms with van der Waals surface area (Å²) in [4.78, 5) is 48.5. The van der Waals surface area contributed by atoms with E-state index in [1.54, 1.807) is 17.0 Å². The molecule has 1 aromatic carbocycles. The van der Waals surface area contributed by atoms with Crippen LogP contribution < -0.4 is 10.6 Å². The summed E-state index contributed by atoms with van der Waals surface area (Å²) < 4.78 is 5.44. The van der Waals surface area contributed by atoms with Crippen molar-refractivity contribution >= 4 is 51.7 Å². The van der Waals surface area contributed by atoms with E-state index in [9.17, 15) is 14.4 Å². The molecule has 1 fully saturated rings. The smallest absolute Gasteiger partial charge is 0.410 e. The van der Waals surface area contributed by atoms with Gasteiger partial charge in [0, 0.05) is 32.9 Å². The van der Waals surface area contributed by atoms with Crippen molar-refractivity contribution in [2.24, 2.45) is 0 Å². The van der Waals surface area contributed by atoms with Crippen LogP contribution in [0.2, 0.25) is 5.02 Å². The zero-order chi connectivity index (χ0) is 26.3. The maximum Gasteiger partial charge on any atom is 0.410 e. The first-order chi connectivity index (χ1) is 17.6. The van der Waals surface area contributed by atoms with Gasteiger partial charge in [0.2, 0.25) is 0 Å². The minimum absolute atomic E-state index is 0.185. The Hall–Kier alpha value is -3.11. The van der Waals surface area contributed by atoms with Gasteiger partial charge in [0.15, 0.2) is 5.01 Å². The highest BCUT2D eigenvalue weighted by atomic mass is 35.5. The molecule has 9 nitrogen and oxygen atoms in total. The van der Waals surface area contributed by atoms with Crippen LogP contribution in [0.3, 0.4) is 0 Å². The first-order valence-corrected chi connectivity index (χ1v) is 13.6. The summed E-state index contributed by atoms with van der Waals surface area (Å²) in [5.41, 5.74) is 1.46. The number of hydrogen-bond acceptors (Lipinski definition) is 6. The van der Waals surface area contributed by atoms with Crippen molar-refractivity contribution in [3.63, 3.8) is 0 Å². The van der Waals surface area contributed by atoms with E-state index in [2.05, 4.69) is 20.6 Å². The largest absolute Gasteiger partial charge is 0.444 e. The summed E-state index contributed by atoms with van der Waals surface area (Å²) in [5.74, 6) is -0.469. The fourth-order valence-electron chi connectivity index (χ4n) is 4.77. The normalized spacial score (nSPS) is 19.5. The lowest BCUT2D eigenvalue weighted by Gasteiger charge is -2.32. The van der Waals surface area contributed by atoms with Crippen molar-refractivity contribution in [3.05, 3.63) is 50.6 Å². The molecule has 1 aliphatic heterocycles. The number of aromatic nitrogens is 2. The lowest BCUT2D eigenvalue weighted by Crippen LogP contribution is -2.53. The van der Waals surface area contributed by atoms with Gasteiger partial charge in [0.1, 0.15) is 11.3 Å². The van der Waals surface area contributed by atoms with E-state index in [1.165, 1.54) is 11.3 Å². The maximum absolute atomic E-state index is 13.1. The third-order valence-corrected chi connectivity index (χ3v) is 7.84. The molecule has 0 bridgehead atoms. The number of rotatable bonds is 4. The predicted octanol–water partition coefficient (Wildman–Crippen LogP) is 5.00. The quantitative estimate of drug-likeness (QED) is 0.428. The van der Waals surface area contributed by atoms with Crippen molar-refractivity contribution in [1.82, 2.24) is 25.5 Å². The Morgan fingerprint density at radius 2 is 1.78 bits per heavy atom. The molecular formula is C26H30ClN5O4S. The number of nitrogens with one attached hydrogen (secondary N) is 3. The van der Waals surface area contributed by atoms with Crippen molar-refractivity contribution in [2.75, 3.05) is 0 Å². The average Bonchev–Trinajstić information content (AvgIpc) is 3.52. The van der Waals surface area contributed by atoms with E-state index >= 15 is 0 Å². The van der Waals surface area contributed by atoms with Crippen LogP contribution in [0.5, 0.6) is 0 Å². The van der Waals surface area contributed by atoms with Crippen molar-refractivity contribution in [3.8, 4) is 0 Å². The summed E-state index contributed by atoms with van der Waals surface area (Å²) in [5, 5.41) is 8.04. The van der Waals surface area contributed by atoms with Gasteiger partial charge < -0.3 is 20.4 Å². The van der Waals surface area contributed by atoms with Crippen molar-refractivity contribution in [2.45, 2.75) is 77.2 Å². The molecule has 3 N–H and O–H groups in total. The molecule has 5 rings (SSSR count). The number of halogens is 1. The number of carbonyl (C=O) groups is 3. The first kappa shape index (κ1) is 25.5. The van der Waals surface area contributed by atoms with Crippen LogP contribution in [0.15, 0.2) is 24.3 Å². The standard InChI is InChI=1S/C26H30ClN5O4S/c1-26(2,3)36-25(35)32-12-20-21(13-32)37-24(31-20)23(34)30-18-7-5-4-6-17(18)29-22(33)19-11-14-10-15(27)8-9-16(14)28-19/h8-11,17-18,28H,4-7,12-13H2,1-3H3,(H,29,33)(H,30,34)/t17-,18+/m1/s1. The number of nitrogens with zero attached hydrogens (tertiary/aromatic N) is 2. The number of benzene rings is 1. The zero-order valence-corrected chi connectivity index (χ0v) is 22.6. The first-order valence-electron chi connectivity index (χ1n) is 12.4. The molecule has 1 saturated carbocycles. The van der Waals surface area contributed by atoms with E-state index in [0.717, 1.165) is 47.2 Å². The second-order valence-electron chi connectivity index (χ2n) is 10.6. The van der Waals surface area contributed by atoms with Gasteiger partial charge >= 0.3 is 6.09 Å². The number of thiazole rings is 1. The Kier molecular flexibility index (Phi) is 6.89. The second kappa shape index (κ2) is 9.98. The van der Waals surface area contributed by atoms with Crippen molar-refractivity contribution < 1.29 is 19.1 Å². The molecule has 1 aliphatic carbocycles. The van der Waals surface area contributed by atoms with E-state index < -0.39 is 5.60 Å². The minimum atomic E-state index is -0.570. The number of carbonyl (C=O) groups excluding carboxylic acids is 3. The van der Waals surface area contributed by atoms with E-state index in [4.69, 9.17) is 16.3 Å². The molecule has 0 radical (unpaired) electrons. The molecule has 3 aromatic rings. The number of hydrogen-bond donors (Lipinski definition) is 3. The Labute approximate surface area is 223 Å². The number of amides is 3. The molecule has 11 heteroatoms. The molecular weight excluding hydrogens is 514 g/mol. The molecule has 0 saturated heterocycles. The summed E-state index contributed by atoms with van der Waals surface area (Å²) in [7, 11) is 0. The lowest BCUT2D eigenvalue weighted by molar-refractivity contribution is 0.0241. The summed E-state index contributed by atoms with van der Waals surface area (Å²) in [6, 6.07) is 6.83. The van der Waals surface area contributed by atoms with Gasteiger partial charge in [0.25, 0.3) is 11.8 Å². The molecule has 37 heavy (non-hydrogen) atoms. The molecule has 2 aromatic heterocycles. The fraction of sp³-hybridized carbons (Fsp3) is 0.462. The molecule has 2 aliphatic rings. The van der Waals surface area contributed by atoms with Crippen LogP contribution in [-0.2, 0) is 17.8 Å². The second-order valence-corrected chi connectivity index (χ2v) is 12.1. The minimum Gasteiger partial charge on any atom is -0.444 e. The Bertz CT molecular complexity index is 1340. The van der Waals surface area contributed by atoms with Gasteiger partial charge in [-0.3, -0.25) is 14.5 Å². The zero-order valence-electron chi connectivity index (χ0n) is 21.0. The van der Waals surface area contributed by atoms with Gasteiger partial charge in [-0.15, -0.1) is 11.3 Å². The Balaban J connectivity index is 1.21. The summed E-state index contributed by atoms with van der Waals surface area (Å²) >= 11 is 7.37. The van der Waals surface area contributed by atoms with Gasteiger partial charge in [-0.1, -0.05) is 24.4 Å². The highest BCUT2D eigenvalue weighted by molar-refractivity contribution is 7.13. The fourth-order valence-corrected chi connectivity index (χ4v) is 5.94. The number of H-pyrrole nitrogens is 1. The van der Waals surface area contributed by atoms with Gasteiger partial charge in [-0.2, -0.15) is 0 Å². The molecule has 0 spiro atoms. The molecule has 196 valence electrons. The van der Waals surface area contributed by atoms with E-state index in [0.29, 0.717) is 28.8 Å². The average molecular weight is 544 g/mol. The van der Waals surface area contributed by atoms with E-state index in [1.807, 2.05) is 32.9 Å². The highest BCUT2D eigenvalue weighted by Gasteiger charge is 2.33. The Morgan fingerprint density at radius 3 is 2.46 bits per heavy atom. The van der Waals surface area contributed by atoms with Gasteiger partial charge in [-0.25, -0.2) is 9.78 Å². The van der Waals surface area contributed by atoms with Crippen LogP contribution in [0, 0.1) is 0 Å². The summed E-state index contributed by atoms with van der Waals surface area (Å²) in [6.45, 7) is 6.19. The van der Waals surface area contributed by atoms with Crippen LogP contribution in [0.1, 0.15) is 77.3 Å². The van der Waals surface area contributed by atoms with Gasteiger partial charge in [0.05, 0.1) is 18.8 Å². The summed E-state index contributed by atoms with van der Waals surface area (Å²) in [6.07, 6.45) is 3.12. The van der Waals surface area contributed by atoms with Crippen LogP contribution >= 0.6 is 22.9 Å². The predicted molar refractivity (Wildman–Crippen MR) is 142 cm³/mol. The van der Waals surface area contributed by atoms with Crippen LogP contribution in [-0.4, -0.2) is 50.5 Å². The third-order valence-electron chi connectivity index (χ3n) is 6.53. The van der Waals surface area contributed by atoms with Crippen molar-refractivity contribution in [1.29, 1.82) is 0 Å². The number of ether oxygens (including phenoxy) is 1. The Morgan fingerprint density at radius 1 is 1.08 bits per heavy atom. The molecule has 3 amide bonds. The highest BCUT2D eigenvalue weighted by Crippen LogP contribution is 2.30. The monoisotopic (exact) mass is 543 g/mol. The van der Waals surface area contributed by atoms with E-state index in [-0.39, 0.29) is 30.0 Å². The molecule has 0 unspecified atom stereocenters. The lowest BCUT2D eigenvalue weighted by atomic mass is 9.90. The maximum atomic E-state index is 13.1. The van der Waals surface area contributed by atoms with Crippen LogP contribution in [0.25, 0.3) is 10.9 Å². The van der Waals surface area contributed by atoms with Crippen LogP contribution in [0.4, 0.5) is 4.79 Å². The molecule has 2 atom stereocenters. The third kappa shape index (κ3) is 5.75. The SMILES string of the molecule is CC(C)(C)OC(=O)N1Cc2nc(C(=O)N[C@H]3CCCC[C@H]3NC(=O)c3cc4cc(Cl)ccc4[nH]3)sc2C1.